The predicted octanol–water partition coefficient (Wildman–Crippen LogP) is 3.26. The molecule has 35 heavy (non-hydrogen) atoms. The topological polar surface area (TPSA) is 109 Å². The summed E-state index contributed by atoms with van der Waals surface area (Å²) in [6.45, 7) is 3.37. The average Bonchev–Trinajstić information content (AvgIpc) is 3.18. The van der Waals surface area contributed by atoms with Gasteiger partial charge in [0.15, 0.2) is 5.78 Å². The van der Waals surface area contributed by atoms with Gasteiger partial charge in [0.25, 0.3) is 5.56 Å². The molecule has 0 aliphatic carbocycles. The van der Waals surface area contributed by atoms with Crippen LogP contribution in [0.5, 0.6) is 0 Å². The highest BCUT2D eigenvalue weighted by molar-refractivity contribution is 5.98. The lowest BCUT2D eigenvalue weighted by molar-refractivity contribution is 0.0598. The minimum atomic E-state index is -0.612. The van der Waals surface area contributed by atoms with Crippen LogP contribution in [0, 0.1) is 13.8 Å². The van der Waals surface area contributed by atoms with Gasteiger partial charge in [-0.15, -0.1) is 0 Å². The fraction of sp³-hybridized carbons (Fsp3) is 0.192. The van der Waals surface area contributed by atoms with Gasteiger partial charge in [0.05, 0.1) is 49.1 Å². The van der Waals surface area contributed by atoms with Crippen LogP contribution >= 0.6 is 0 Å². The van der Waals surface area contributed by atoms with Crippen LogP contribution in [-0.2, 0) is 16.0 Å². The minimum absolute atomic E-state index is 0.166. The Kier molecular flexibility index (Phi) is 6.33. The molecule has 4 rings (SSSR count). The van der Waals surface area contributed by atoms with E-state index in [1.807, 2.05) is 0 Å². The first kappa shape index (κ1) is 23.6. The number of ether oxygens (including phenoxy) is 2. The molecule has 0 fully saturated rings. The molecule has 0 aliphatic rings. The van der Waals surface area contributed by atoms with E-state index in [-0.39, 0.29) is 29.0 Å². The number of rotatable bonds is 6. The van der Waals surface area contributed by atoms with Crippen molar-refractivity contribution in [2.75, 3.05) is 14.2 Å². The van der Waals surface area contributed by atoms with Crippen LogP contribution in [0.15, 0.2) is 59.7 Å². The third-order valence-corrected chi connectivity index (χ3v) is 5.80. The molecule has 2 aromatic heterocycles. The number of carbonyl (C=O) groups excluding carboxylic acids is 3. The first-order valence-corrected chi connectivity index (χ1v) is 10.7. The van der Waals surface area contributed by atoms with Gasteiger partial charge in [-0.3, -0.25) is 14.2 Å². The number of methoxy groups -OCH3 is 2. The third kappa shape index (κ3) is 4.35. The molecule has 0 aliphatic heterocycles. The van der Waals surface area contributed by atoms with E-state index in [4.69, 9.17) is 9.47 Å². The SMILES string of the molecule is COC(=O)c1cc(C(=O)OC)cc(-n2c(C)cc(C(=O)Cn3cnc4ccccc4c3=O)c2C)c1. The Balaban J connectivity index is 1.75. The molecule has 4 aromatic rings. The zero-order valence-electron chi connectivity index (χ0n) is 19.7. The van der Waals surface area contributed by atoms with Crippen molar-refractivity contribution in [3.63, 3.8) is 0 Å². The van der Waals surface area contributed by atoms with Crippen LogP contribution in [0.1, 0.15) is 42.5 Å². The molecule has 9 nitrogen and oxygen atoms in total. The van der Waals surface area contributed by atoms with E-state index in [9.17, 15) is 19.2 Å². The Morgan fingerprint density at radius 3 is 2.17 bits per heavy atom. The van der Waals surface area contributed by atoms with Crippen LogP contribution in [-0.4, -0.2) is 46.1 Å². The summed E-state index contributed by atoms with van der Waals surface area (Å²) in [5, 5.41) is 0.434. The minimum Gasteiger partial charge on any atom is -0.465 e. The summed E-state index contributed by atoms with van der Waals surface area (Å²) in [5.41, 5.74) is 2.79. The maximum atomic E-state index is 13.2. The van der Waals surface area contributed by atoms with Gasteiger partial charge in [0.1, 0.15) is 0 Å². The molecule has 0 amide bonds. The molecule has 2 heterocycles. The van der Waals surface area contributed by atoms with Crippen molar-refractivity contribution < 1.29 is 23.9 Å². The van der Waals surface area contributed by atoms with E-state index in [1.165, 1.54) is 31.2 Å². The van der Waals surface area contributed by atoms with E-state index in [1.54, 1.807) is 60.9 Å². The van der Waals surface area contributed by atoms with Gasteiger partial charge < -0.3 is 14.0 Å². The lowest BCUT2D eigenvalue weighted by Crippen LogP contribution is -2.24. The number of aromatic nitrogens is 3. The first-order chi connectivity index (χ1) is 16.7. The number of hydrogen-bond acceptors (Lipinski definition) is 7. The van der Waals surface area contributed by atoms with Crippen molar-refractivity contribution in [2.24, 2.45) is 0 Å². The van der Waals surface area contributed by atoms with Crippen molar-refractivity contribution >= 4 is 28.6 Å². The van der Waals surface area contributed by atoms with E-state index in [0.717, 1.165) is 0 Å². The van der Waals surface area contributed by atoms with Crippen molar-refractivity contribution in [3.05, 3.63) is 93.3 Å². The van der Waals surface area contributed by atoms with Crippen LogP contribution in [0.2, 0.25) is 0 Å². The number of benzene rings is 2. The molecular formula is C26H23N3O6. The summed E-state index contributed by atoms with van der Waals surface area (Å²) in [6.07, 6.45) is 1.37. The number of hydrogen-bond donors (Lipinski definition) is 0. The maximum absolute atomic E-state index is 13.2. The highest BCUT2D eigenvalue weighted by Gasteiger charge is 2.21. The summed E-state index contributed by atoms with van der Waals surface area (Å²) in [5.74, 6) is -1.50. The lowest BCUT2D eigenvalue weighted by atomic mass is 10.1. The zero-order chi connectivity index (χ0) is 25.3. The Morgan fingerprint density at radius 1 is 0.914 bits per heavy atom. The standard InChI is InChI=1S/C26H23N3O6/c1-15-9-21(23(30)13-28-14-27-22-8-6-5-7-20(22)24(28)31)16(2)29(15)19-11-17(25(32)34-3)10-18(12-19)26(33)35-4/h5-12,14H,13H2,1-4H3. The Hall–Kier alpha value is -4.53. The lowest BCUT2D eigenvalue weighted by Gasteiger charge is -2.13. The quantitative estimate of drug-likeness (QED) is 0.312. The van der Waals surface area contributed by atoms with Crippen molar-refractivity contribution in [3.8, 4) is 5.69 Å². The van der Waals surface area contributed by atoms with Gasteiger partial charge in [-0.1, -0.05) is 12.1 Å². The van der Waals surface area contributed by atoms with Gasteiger partial charge in [0, 0.05) is 22.6 Å². The largest absolute Gasteiger partial charge is 0.465 e. The fourth-order valence-electron chi connectivity index (χ4n) is 4.11. The molecule has 0 N–H and O–H groups in total. The molecule has 0 spiro atoms. The van der Waals surface area contributed by atoms with Crippen molar-refractivity contribution in [2.45, 2.75) is 20.4 Å². The van der Waals surface area contributed by atoms with Crippen LogP contribution in [0.25, 0.3) is 16.6 Å². The Morgan fingerprint density at radius 2 is 1.54 bits per heavy atom. The Labute approximate surface area is 200 Å². The monoisotopic (exact) mass is 473 g/mol. The van der Waals surface area contributed by atoms with Gasteiger partial charge >= 0.3 is 11.9 Å². The average molecular weight is 473 g/mol. The molecule has 0 saturated carbocycles. The number of nitrogens with zero attached hydrogens (tertiary/aromatic N) is 3. The number of fused-ring (bicyclic) bond motifs is 1. The van der Waals surface area contributed by atoms with E-state index in [0.29, 0.717) is 33.5 Å². The molecule has 0 saturated heterocycles. The molecule has 178 valence electrons. The van der Waals surface area contributed by atoms with Gasteiger partial charge in [-0.25, -0.2) is 14.6 Å². The molecule has 0 bridgehead atoms. The van der Waals surface area contributed by atoms with Crippen LogP contribution < -0.4 is 5.56 Å². The summed E-state index contributed by atoms with van der Waals surface area (Å²) >= 11 is 0. The van der Waals surface area contributed by atoms with Crippen LogP contribution in [0.4, 0.5) is 0 Å². The van der Waals surface area contributed by atoms with E-state index >= 15 is 0 Å². The zero-order valence-corrected chi connectivity index (χ0v) is 19.7. The second-order valence-electron chi connectivity index (χ2n) is 7.99. The molecule has 0 atom stereocenters. The van der Waals surface area contributed by atoms with Gasteiger partial charge in [-0.2, -0.15) is 0 Å². The first-order valence-electron chi connectivity index (χ1n) is 10.7. The molecule has 0 radical (unpaired) electrons. The van der Waals surface area contributed by atoms with Gasteiger partial charge in [0.2, 0.25) is 0 Å². The molecular weight excluding hydrogens is 450 g/mol. The van der Waals surface area contributed by atoms with Crippen molar-refractivity contribution in [1.29, 1.82) is 0 Å². The number of aryl methyl sites for hydroxylation is 1. The summed E-state index contributed by atoms with van der Waals surface area (Å²) in [7, 11) is 2.50. The van der Waals surface area contributed by atoms with Crippen LogP contribution in [0.3, 0.4) is 0 Å². The smallest absolute Gasteiger partial charge is 0.337 e. The number of para-hydroxylation sites is 1. The second-order valence-corrected chi connectivity index (χ2v) is 7.99. The van der Waals surface area contributed by atoms with E-state index in [2.05, 4.69) is 4.98 Å². The Bertz CT molecular complexity index is 1510. The predicted molar refractivity (Wildman–Crippen MR) is 128 cm³/mol. The normalized spacial score (nSPS) is 10.9. The third-order valence-electron chi connectivity index (χ3n) is 5.80. The number of carbonyl (C=O) groups is 3. The molecule has 9 heteroatoms. The van der Waals surface area contributed by atoms with E-state index < -0.39 is 11.9 Å². The summed E-state index contributed by atoms with van der Waals surface area (Å²) in [4.78, 5) is 54.7. The number of esters is 2. The van der Waals surface area contributed by atoms with Gasteiger partial charge in [-0.05, 0) is 50.2 Å². The fourth-order valence-corrected chi connectivity index (χ4v) is 4.11. The molecule has 2 aromatic carbocycles. The maximum Gasteiger partial charge on any atom is 0.337 e. The number of Topliss-reactive ketones (excluding diaryl/α,β-unsaturated/α-hetero) is 1. The molecule has 0 unspecified atom stereocenters. The van der Waals surface area contributed by atoms with Crippen molar-refractivity contribution in [1.82, 2.24) is 14.1 Å². The summed E-state index contributed by atoms with van der Waals surface area (Å²) < 4.78 is 12.7. The summed E-state index contributed by atoms with van der Waals surface area (Å²) in [6, 6.07) is 13.2. The highest BCUT2D eigenvalue weighted by atomic mass is 16.5. The number of ketones is 1. The second kappa shape index (κ2) is 9.38. The highest BCUT2D eigenvalue weighted by Crippen LogP contribution is 2.24.